The molecule has 13 heteroatoms. The first-order chi connectivity index (χ1) is 16.5. The van der Waals surface area contributed by atoms with Crippen LogP contribution in [0.3, 0.4) is 0 Å². The standard InChI is InChI=1S/C22H25F6N3O3S/c23-21(24,25)16-2-1-15(17(12-16)22(26,27)28)13-31-6-3-14(4-7-31)11-18-19(30-20(33)35-18)29-5-9-34-10-8-32/h1-2,11-12,14,32H,3-10,13H2,(H,29,30,33). The summed E-state index contributed by atoms with van der Waals surface area (Å²) in [7, 11) is 0. The van der Waals surface area contributed by atoms with E-state index in [0.717, 1.165) is 17.8 Å². The first-order valence-corrected chi connectivity index (χ1v) is 11.7. The maximum absolute atomic E-state index is 13.4. The molecule has 2 heterocycles. The maximum atomic E-state index is 13.4. The second kappa shape index (κ2) is 11.8. The third kappa shape index (κ3) is 7.95. The molecule has 0 radical (unpaired) electrons. The monoisotopic (exact) mass is 525 g/mol. The summed E-state index contributed by atoms with van der Waals surface area (Å²) in [5, 5.41) is 11.1. The number of thioether (sulfide) groups is 1. The van der Waals surface area contributed by atoms with Gasteiger partial charge in [0.1, 0.15) is 5.84 Å². The fraction of sp³-hybridized carbons (Fsp3) is 0.545. The molecule has 0 spiro atoms. The molecule has 6 nitrogen and oxygen atoms in total. The van der Waals surface area contributed by atoms with Crippen LogP contribution in [0.5, 0.6) is 0 Å². The Morgan fingerprint density at radius 2 is 1.86 bits per heavy atom. The molecule has 0 saturated carbocycles. The summed E-state index contributed by atoms with van der Waals surface area (Å²) >= 11 is 1.02. The zero-order valence-corrected chi connectivity index (χ0v) is 19.4. The Bertz CT molecular complexity index is 957. The third-order valence-corrected chi connectivity index (χ3v) is 6.39. The van der Waals surface area contributed by atoms with Crippen LogP contribution < -0.4 is 5.32 Å². The summed E-state index contributed by atoms with van der Waals surface area (Å²) in [6.07, 6.45) is -6.59. The average molecular weight is 526 g/mol. The van der Waals surface area contributed by atoms with E-state index in [9.17, 15) is 31.1 Å². The summed E-state index contributed by atoms with van der Waals surface area (Å²) < 4.78 is 84.1. The number of nitrogens with one attached hydrogen (secondary N) is 1. The van der Waals surface area contributed by atoms with Gasteiger partial charge in [-0.05, 0) is 61.3 Å². The van der Waals surface area contributed by atoms with Gasteiger partial charge in [0.2, 0.25) is 0 Å². The number of aliphatic hydroxyl groups excluding tert-OH is 1. The Morgan fingerprint density at radius 1 is 1.14 bits per heavy atom. The number of halogens is 6. The molecule has 1 amide bonds. The molecule has 0 aromatic heterocycles. The fourth-order valence-electron chi connectivity index (χ4n) is 3.84. The second-order valence-electron chi connectivity index (χ2n) is 8.09. The Hall–Kier alpha value is -2.09. The Labute approximate surface area is 202 Å². The minimum atomic E-state index is -4.89. The van der Waals surface area contributed by atoms with Gasteiger partial charge in [-0.1, -0.05) is 12.1 Å². The van der Waals surface area contributed by atoms with Crippen LogP contribution in [0.1, 0.15) is 29.5 Å². The lowest BCUT2D eigenvalue weighted by Gasteiger charge is -2.31. The van der Waals surface area contributed by atoms with Gasteiger partial charge in [0.15, 0.2) is 0 Å². The van der Waals surface area contributed by atoms with E-state index in [2.05, 4.69) is 10.3 Å². The van der Waals surface area contributed by atoms with Gasteiger partial charge in [-0.15, -0.1) is 0 Å². The highest BCUT2D eigenvalue weighted by Gasteiger charge is 2.38. The normalized spacial score (nSPS) is 20.7. The topological polar surface area (TPSA) is 74.2 Å². The number of allylic oxidation sites excluding steroid dienone is 1. The number of carbonyl (C=O) groups excluding carboxylic acids is 1. The number of hydrogen-bond donors (Lipinski definition) is 2. The lowest BCUT2D eigenvalue weighted by molar-refractivity contribution is -0.143. The van der Waals surface area contributed by atoms with Crippen molar-refractivity contribution in [1.29, 1.82) is 0 Å². The summed E-state index contributed by atoms with van der Waals surface area (Å²) in [6, 6.07) is 1.75. The number of hydrogen-bond acceptors (Lipinski definition) is 6. The lowest BCUT2D eigenvalue weighted by Crippen LogP contribution is -2.33. The van der Waals surface area contributed by atoms with E-state index in [1.54, 1.807) is 4.90 Å². The molecule has 1 aromatic rings. The number of piperidine rings is 1. The number of nitrogens with zero attached hydrogens (tertiary/aromatic N) is 2. The van der Waals surface area contributed by atoms with E-state index >= 15 is 0 Å². The number of amidine groups is 1. The Morgan fingerprint density at radius 3 is 2.49 bits per heavy atom. The summed E-state index contributed by atoms with van der Waals surface area (Å²) in [5.41, 5.74) is -2.79. The predicted octanol–water partition coefficient (Wildman–Crippen LogP) is 4.68. The first kappa shape index (κ1) is 27.5. The van der Waals surface area contributed by atoms with Gasteiger partial charge in [-0.25, -0.2) is 0 Å². The predicted molar refractivity (Wildman–Crippen MR) is 119 cm³/mol. The maximum Gasteiger partial charge on any atom is 0.416 e. The molecule has 0 unspecified atom stereocenters. The Balaban J connectivity index is 1.61. The molecule has 0 aliphatic carbocycles. The van der Waals surface area contributed by atoms with E-state index in [4.69, 9.17) is 9.84 Å². The number of likely N-dealkylation sites (tertiary alicyclic amines) is 1. The minimum absolute atomic E-state index is 0.0759. The zero-order chi connectivity index (χ0) is 25.6. The van der Waals surface area contributed by atoms with Crippen LogP contribution in [-0.4, -0.2) is 60.5 Å². The van der Waals surface area contributed by atoms with Crippen molar-refractivity contribution in [3.8, 4) is 0 Å². The van der Waals surface area contributed by atoms with Gasteiger partial charge in [-0.3, -0.25) is 14.7 Å². The van der Waals surface area contributed by atoms with E-state index in [-0.39, 0.29) is 42.5 Å². The Kier molecular flexibility index (Phi) is 9.24. The molecule has 35 heavy (non-hydrogen) atoms. The lowest BCUT2D eigenvalue weighted by atomic mass is 9.95. The van der Waals surface area contributed by atoms with Crippen LogP contribution in [0.2, 0.25) is 0 Å². The van der Waals surface area contributed by atoms with Crippen molar-refractivity contribution in [3.05, 3.63) is 45.9 Å². The van der Waals surface area contributed by atoms with Crippen molar-refractivity contribution >= 4 is 22.8 Å². The van der Waals surface area contributed by atoms with Crippen molar-refractivity contribution in [2.24, 2.45) is 10.9 Å². The van der Waals surface area contributed by atoms with Crippen molar-refractivity contribution in [3.63, 3.8) is 0 Å². The van der Waals surface area contributed by atoms with Crippen LogP contribution in [0.25, 0.3) is 0 Å². The van der Waals surface area contributed by atoms with Crippen molar-refractivity contribution in [2.75, 3.05) is 39.5 Å². The number of rotatable bonds is 8. The molecule has 2 aliphatic rings. The van der Waals surface area contributed by atoms with Crippen LogP contribution >= 0.6 is 11.8 Å². The fourth-order valence-corrected chi connectivity index (χ4v) is 4.66. The highest BCUT2D eigenvalue weighted by Crippen LogP contribution is 2.38. The largest absolute Gasteiger partial charge is 0.416 e. The highest BCUT2D eigenvalue weighted by atomic mass is 32.2. The molecular weight excluding hydrogens is 500 g/mol. The van der Waals surface area contributed by atoms with Crippen LogP contribution in [0.4, 0.5) is 31.1 Å². The van der Waals surface area contributed by atoms with E-state index < -0.39 is 23.5 Å². The number of aliphatic hydroxyl groups is 1. The number of amides is 1. The van der Waals surface area contributed by atoms with Crippen LogP contribution in [-0.2, 0) is 23.6 Å². The van der Waals surface area contributed by atoms with Gasteiger partial charge >= 0.3 is 12.4 Å². The number of aliphatic imine (C=N–C) groups is 1. The summed E-state index contributed by atoms with van der Waals surface area (Å²) in [6.45, 7) is 1.51. The molecule has 2 N–H and O–H groups in total. The molecule has 194 valence electrons. The quantitative estimate of drug-likeness (QED) is 0.381. The van der Waals surface area contributed by atoms with Crippen LogP contribution in [0, 0.1) is 5.92 Å². The number of ether oxygens (including phenoxy) is 1. The molecule has 1 aromatic carbocycles. The SMILES string of the molecule is O=C1NC(=NCCOCCO)C(=CC2CCN(Cc3ccc(C(F)(F)F)cc3C(F)(F)F)CC2)S1. The molecular formula is C22H25F6N3O3S. The average Bonchev–Trinajstić information content (AvgIpc) is 3.12. The molecule has 2 saturated heterocycles. The zero-order valence-electron chi connectivity index (χ0n) is 18.6. The van der Waals surface area contributed by atoms with Gasteiger partial charge in [0.25, 0.3) is 5.24 Å². The van der Waals surface area contributed by atoms with Crippen LogP contribution in [0.15, 0.2) is 34.2 Å². The first-order valence-electron chi connectivity index (χ1n) is 10.9. The van der Waals surface area contributed by atoms with Gasteiger partial charge in [-0.2, -0.15) is 26.3 Å². The number of alkyl halides is 6. The van der Waals surface area contributed by atoms with E-state index in [1.807, 2.05) is 6.08 Å². The molecule has 3 rings (SSSR count). The highest BCUT2D eigenvalue weighted by molar-refractivity contribution is 8.18. The molecule has 2 aliphatic heterocycles. The molecule has 2 fully saturated rings. The second-order valence-corrected chi connectivity index (χ2v) is 9.11. The summed E-state index contributed by atoms with van der Waals surface area (Å²) in [4.78, 5) is 18.6. The minimum Gasteiger partial charge on any atom is -0.394 e. The molecule has 0 bridgehead atoms. The van der Waals surface area contributed by atoms with E-state index in [1.165, 1.54) is 0 Å². The third-order valence-electron chi connectivity index (χ3n) is 5.55. The van der Waals surface area contributed by atoms with Crippen molar-refractivity contribution < 1.29 is 41.0 Å². The van der Waals surface area contributed by atoms with Crippen molar-refractivity contribution in [1.82, 2.24) is 10.2 Å². The van der Waals surface area contributed by atoms with Gasteiger partial charge in [0.05, 0.1) is 42.4 Å². The molecule has 0 atom stereocenters. The number of benzene rings is 1. The smallest absolute Gasteiger partial charge is 0.394 e. The van der Waals surface area contributed by atoms with Gasteiger partial charge in [0, 0.05) is 6.54 Å². The van der Waals surface area contributed by atoms with Gasteiger partial charge < -0.3 is 15.2 Å². The summed E-state index contributed by atoms with van der Waals surface area (Å²) in [5.74, 6) is 0.515. The number of carbonyl (C=O) groups is 1. The van der Waals surface area contributed by atoms with Crippen molar-refractivity contribution in [2.45, 2.75) is 31.7 Å². The van der Waals surface area contributed by atoms with E-state index in [0.29, 0.717) is 55.9 Å².